The van der Waals surface area contributed by atoms with E-state index in [-0.39, 0.29) is 12.1 Å². The average molecular weight is 324 g/mol. The van der Waals surface area contributed by atoms with E-state index in [4.69, 9.17) is 0 Å². The zero-order valence-corrected chi connectivity index (χ0v) is 13.3. The van der Waals surface area contributed by atoms with Crippen LogP contribution in [0.25, 0.3) is 10.9 Å². The van der Waals surface area contributed by atoms with Crippen molar-refractivity contribution in [1.82, 2.24) is 19.4 Å². The summed E-state index contributed by atoms with van der Waals surface area (Å²) in [6, 6.07) is 10.2. The Morgan fingerprint density at radius 1 is 1.21 bits per heavy atom. The van der Waals surface area contributed by atoms with Gasteiger partial charge in [0.15, 0.2) is 0 Å². The summed E-state index contributed by atoms with van der Waals surface area (Å²) in [5, 5.41) is 0.482. The first-order chi connectivity index (χ1) is 11.5. The van der Waals surface area contributed by atoms with Gasteiger partial charge in [-0.15, -0.1) is 0 Å². The van der Waals surface area contributed by atoms with Gasteiger partial charge in [-0.1, -0.05) is 12.1 Å². The Morgan fingerprint density at radius 3 is 2.67 bits per heavy atom. The number of amides is 1. The van der Waals surface area contributed by atoms with E-state index < -0.39 is 11.7 Å². The van der Waals surface area contributed by atoms with Crippen LogP contribution in [0.5, 0.6) is 0 Å². The number of nitrogens with one attached hydrogen (secondary N) is 1. The van der Waals surface area contributed by atoms with E-state index in [0.29, 0.717) is 22.4 Å². The van der Waals surface area contributed by atoms with Crippen molar-refractivity contribution >= 4 is 22.6 Å². The minimum atomic E-state index is -0.660. The molecule has 0 aliphatic heterocycles. The molecule has 0 aliphatic carbocycles. The number of para-hydroxylation sites is 1. The third kappa shape index (κ3) is 2.83. The Balaban J connectivity index is 1.83. The fraction of sp³-hybridized carbons (Fsp3) is 0.176. The van der Waals surface area contributed by atoms with Gasteiger partial charge in [-0.05, 0) is 24.3 Å². The number of rotatable bonds is 4. The monoisotopic (exact) mass is 324 g/mol. The number of hydrogen-bond donors (Lipinski definition) is 1. The molecule has 1 amide bonds. The van der Waals surface area contributed by atoms with E-state index in [1.54, 1.807) is 54.2 Å². The number of benzene rings is 1. The van der Waals surface area contributed by atoms with Crippen LogP contribution in [-0.4, -0.2) is 38.2 Å². The SMILES string of the molecule is CN(Cc1nc2ccccc2c(=O)[nH]1)C(=O)C(=O)c1cccn1C. The van der Waals surface area contributed by atoms with Crippen molar-refractivity contribution in [2.24, 2.45) is 7.05 Å². The van der Waals surface area contributed by atoms with Crippen LogP contribution in [0, 0.1) is 0 Å². The van der Waals surface area contributed by atoms with Crippen LogP contribution < -0.4 is 5.56 Å². The molecule has 0 unspecified atom stereocenters. The average Bonchev–Trinajstić information content (AvgIpc) is 2.99. The number of carbonyl (C=O) groups is 2. The van der Waals surface area contributed by atoms with Crippen molar-refractivity contribution in [2.45, 2.75) is 6.54 Å². The first-order valence-corrected chi connectivity index (χ1v) is 7.36. The lowest BCUT2D eigenvalue weighted by molar-refractivity contribution is -0.125. The van der Waals surface area contributed by atoms with Crippen LogP contribution in [0.4, 0.5) is 0 Å². The van der Waals surface area contributed by atoms with Gasteiger partial charge < -0.3 is 14.5 Å². The van der Waals surface area contributed by atoms with Crippen molar-refractivity contribution in [3.8, 4) is 0 Å². The number of aromatic amines is 1. The molecule has 122 valence electrons. The standard InChI is InChI=1S/C17H16N4O3/c1-20-9-5-8-13(20)15(22)17(24)21(2)10-14-18-12-7-4-3-6-11(12)16(23)19-14/h3-9H,10H2,1-2H3,(H,18,19,23). The van der Waals surface area contributed by atoms with E-state index in [0.717, 1.165) is 0 Å². The second-order valence-corrected chi connectivity index (χ2v) is 5.52. The number of aryl methyl sites for hydroxylation is 1. The molecule has 0 aliphatic rings. The third-order valence-electron chi connectivity index (χ3n) is 3.77. The predicted octanol–water partition coefficient (Wildman–Crippen LogP) is 1.10. The minimum absolute atomic E-state index is 0.0368. The highest BCUT2D eigenvalue weighted by Crippen LogP contribution is 2.08. The Morgan fingerprint density at radius 2 is 1.96 bits per heavy atom. The number of H-pyrrole nitrogens is 1. The first kappa shape index (κ1) is 15.7. The van der Waals surface area contributed by atoms with E-state index in [2.05, 4.69) is 9.97 Å². The predicted molar refractivity (Wildman–Crippen MR) is 88.6 cm³/mol. The van der Waals surface area contributed by atoms with E-state index >= 15 is 0 Å². The fourth-order valence-electron chi connectivity index (χ4n) is 2.49. The number of hydrogen-bond acceptors (Lipinski definition) is 4. The molecule has 2 heterocycles. The van der Waals surface area contributed by atoms with Crippen LogP contribution in [0.3, 0.4) is 0 Å². The quantitative estimate of drug-likeness (QED) is 0.575. The molecule has 3 rings (SSSR count). The van der Waals surface area contributed by atoms with Crippen molar-refractivity contribution in [1.29, 1.82) is 0 Å². The summed E-state index contributed by atoms with van der Waals surface area (Å²) in [4.78, 5) is 44.8. The van der Waals surface area contributed by atoms with Gasteiger partial charge in [-0.3, -0.25) is 14.4 Å². The summed E-state index contributed by atoms with van der Waals surface area (Å²) in [5.41, 5.74) is 0.586. The molecular formula is C17H16N4O3. The smallest absolute Gasteiger partial charge is 0.296 e. The number of aromatic nitrogens is 3. The largest absolute Gasteiger partial charge is 0.348 e. The number of nitrogens with zero attached hydrogens (tertiary/aromatic N) is 3. The van der Waals surface area contributed by atoms with Crippen LogP contribution in [0.15, 0.2) is 47.4 Å². The van der Waals surface area contributed by atoms with Gasteiger partial charge in [0.1, 0.15) is 5.82 Å². The van der Waals surface area contributed by atoms with E-state index in [1.165, 1.54) is 11.9 Å². The summed E-state index contributed by atoms with van der Waals surface area (Å²) >= 11 is 0. The van der Waals surface area contributed by atoms with Gasteiger partial charge >= 0.3 is 0 Å². The Bertz CT molecular complexity index is 987. The van der Waals surface area contributed by atoms with Crippen LogP contribution in [0.1, 0.15) is 16.3 Å². The number of likely N-dealkylation sites (N-methyl/N-ethyl adjacent to an activating group) is 1. The molecule has 0 spiro atoms. The molecule has 0 saturated carbocycles. The maximum atomic E-state index is 12.3. The zero-order chi connectivity index (χ0) is 17.3. The third-order valence-corrected chi connectivity index (χ3v) is 3.77. The van der Waals surface area contributed by atoms with Gasteiger partial charge in [-0.25, -0.2) is 4.98 Å². The fourth-order valence-corrected chi connectivity index (χ4v) is 2.49. The normalized spacial score (nSPS) is 10.8. The molecule has 24 heavy (non-hydrogen) atoms. The topological polar surface area (TPSA) is 88.1 Å². The molecule has 1 N–H and O–H groups in total. The highest BCUT2D eigenvalue weighted by atomic mass is 16.2. The second kappa shape index (κ2) is 6.11. The molecule has 7 nitrogen and oxygen atoms in total. The Labute approximate surface area is 137 Å². The van der Waals surface area contributed by atoms with Crippen LogP contribution in [-0.2, 0) is 18.4 Å². The highest BCUT2D eigenvalue weighted by molar-refractivity contribution is 6.42. The number of carbonyl (C=O) groups excluding carboxylic acids is 2. The van der Waals surface area contributed by atoms with Gasteiger partial charge in [-0.2, -0.15) is 0 Å². The molecule has 7 heteroatoms. The Hall–Kier alpha value is -3.22. The van der Waals surface area contributed by atoms with E-state index in [9.17, 15) is 14.4 Å². The second-order valence-electron chi connectivity index (χ2n) is 5.52. The molecule has 0 saturated heterocycles. The first-order valence-electron chi connectivity index (χ1n) is 7.36. The van der Waals surface area contributed by atoms with Crippen LogP contribution in [0.2, 0.25) is 0 Å². The van der Waals surface area contributed by atoms with Gasteiger partial charge in [0.2, 0.25) is 0 Å². The van der Waals surface area contributed by atoms with Gasteiger partial charge in [0.25, 0.3) is 17.2 Å². The van der Waals surface area contributed by atoms with Crippen molar-refractivity contribution in [2.75, 3.05) is 7.05 Å². The molecule has 0 bridgehead atoms. The van der Waals surface area contributed by atoms with Crippen molar-refractivity contribution in [3.05, 3.63) is 64.5 Å². The number of fused-ring (bicyclic) bond motifs is 1. The Kier molecular flexibility index (Phi) is 3.99. The lowest BCUT2D eigenvalue weighted by Gasteiger charge is -2.16. The molecule has 1 aromatic carbocycles. The highest BCUT2D eigenvalue weighted by Gasteiger charge is 2.23. The zero-order valence-electron chi connectivity index (χ0n) is 13.3. The molecule has 0 fully saturated rings. The maximum absolute atomic E-state index is 12.3. The summed E-state index contributed by atoms with van der Waals surface area (Å²) < 4.78 is 1.59. The lowest BCUT2D eigenvalue weighted by Crippen LogP contribution is -2.34. The summed E-state index contributed by atoms with van der Waals surface area (Å²) in [5.74, 6) is -0.935. The molecule has 3 aromatic rings. The number of ketones is 1. The van der Waals surface area contributed by atoms with Crippen molar-refractivity contribution in [3.63, 3.8) is 0 Å². The van der Waals surface area contributed by atoms with Crippen molar-refractivity contribution < 1.29 is 9.59 Å². The molecule has 0 atom stereocenters. The minimum Gasteiger partial charge on any atom is -0.348 e. The van der Waals surface area contributed by atoms with E-state index in [1.807, 2.05) is 0 Å². The molecule has 0 radical (unpaired) electrons. The molecule has 2 aromatic heterocycles. The summed E-state index contributed by atoms with van der Waals surface area (Å²) in [7, 11) is 3.20. The van der Waals surface area contributed by atoms with Gasteiger partial charge in [0.05, 0.1) is 23.1 Å². The summed E-state index contributed by atoms with van der Waals surface area (Å²) in [6.45, 7) is 0.0368. The summed E-state index contributed by atoms with van der Waals surface area (Å²) in [6.07, 6.45) is 1.70. The molecular weight excluding hydrogens is 308 g/mol. The lowest BCUT2D eigenvalue weighted by atomic mass is 10.2. The van der Waals surface area contributed by atoms with Gasteiger partial charge in [0, 0.05) is 20.3 Å². The maximum Gasteiger partial charge on any atom is 0.296 e. The van der Waals surface area contributed by atoms with Crippen LogP contribution >= 0.6 is 0 Å². The number of Topliss-reactive ketones (excluding diaryl/α,β-unsaturated/α-hetero) is 1.